The number of ether oxygens (including phenoxy) is 2. The highest BCUT2D eigenvalue weighted by Gasteiger charge is 2.15. The van der Waals surface area contributed by atoms with Crippen molar-refractivity contribution in [1.29, 1.82) is 0 Å². The predicted octanol–water partition coefficient (Wildman–Crippen LogP) is 5.06. The summed E-state index contributed by atoms with van der Waals surface area (Å²) in [5.74, 6) is 0.731. The van der Waals surface area contributed by atoms with Crippen LogP contribution in [0.4, 0.5) is 11.4 Å². The number of nitrogens with one attached hydrogen (secondary N) is 2. The first-order valence-corrected chi connectivity index (χ1v) is 12.2. The van der Waals surface area contributed by atoms with Gasteiger partial charge < -0.3 is 14.8 Å². The van der Waals surface area contributed by atoms with Crippen LogP contribution >= 0.6 is 0 Å². The third-order valence-corrected chi connectivity index (χ3v) is 6.38. The first-order chi connectivity index (χ1) is 16.4. The fourth-order valence-corrected chi connectivity index (χ4v) is 4.44. The van der Waals surface area contributed by atoms with Gasteiger partial charge in [-0.25, -0.2) is 8.42 Å². The minimum atomic E-state index is -3.77. The van der Waals surface area contributed by atoms with Crippen molar-refractivity contribution in [3.8, 4) is 11.5 Å². The topological polar surface area (TPSA) is 93.7 Å². The van der Waals surface area contributed by atoms with Crippen molar-refractivity contribution in [2.24, 2.45) is 0 Å². The van der Waals surface area contributed by atoms with Gasteiger partial charge in [-0.3, -0.25) is 9.52 Å². The Morgan fingerprint density at radius 2 is 1.44 bits per heavy atom. The Labute approximate surface area is 198 Å². The van der Waals surface area contributed by atoms with Crippen molar-refractivity contribution in [2.45, 2.75) is 11.8 Å². The van der Waals surface area contributed by atoms with Gasteiger partial charge in [-0.2, -0.15) is 0 Å². The zero-order valence-electron chi connectivity index (χ0n) is 18.5. The molecule has 34 heavy (non-hydrogen) atoms. The summed E-state index contributed by atoms with van der Waals surface area (Å²) in [6, 6.07) is 26.0. The Balaban J connectivity index is 1.35. The molecule has 0 saturated carbocycles. The van der Waals surface area contributed by atoms with E-state index in [1.54, 1.807) is 24.3 Å². The molecule has 8 heteroatoms. The first-order valence-electron chi connectivity index (χ1n) is 10.7. The summed E-state index contributed by atoms with van der Waals surface area (Å²) in [7, 11) is -3.77. The second-order valence-electron chi connectivity index (χ2n) is 7.40. The van der Waals surface area contributed by atoms with E-state index in [-0.39, 0.29) is 17.4 Å². The summed E-state index contributed by atoms with van der Waals surface area (Å²) >= 11 is 0. The molecule has 0 heterocycles. The quantitative estimate of drug-likeness (QED) is 0.352. The van der Waals surface area contributed by atoms with E-state index in [1.807, 2.05) is 49.4 Å². The van der Waals surface area contributed by atoms with Gasteiger partial charge in [0.15, 0.2) is 6.61 Å². The molecule has 0 saturated heterocycles. The fourth-order valence-electron chi connectivity index (χ4n) is 3.38. The largest absolute Gasteiger partial charge is 0.494 e. The number of carbonyl (C=O) groups excluding carboxylic acids is 1. The Morgan fingerprint density at radius 3 is 2.18 bits per heavy atom. The Bertz CT molecular complexity index is 1380. The third kappa shape index (κ3) is 5.65. The molecule has 0 aliphatic carbocycles. The molecule has 0 unspecified atom stereocenters. The van der Waals surface area contributed by atoms with E-state index in [1.165, 1.54) is 24.3 Å². The van der Waals surface area contributed by atoms with E-state index in [2.05, 4.69) is 10.0 Å². The van der Waals surface area contributed by atoms with Crippen LogP contribution in [0.5, 0.6) is 11.5 Å². The molecule has 0 aliphatic heterocycles. The molecule has 0 bridgehead atoms. The highest BCUT2D eigenvalue weighted by molar-refractivity contribution is 7.92. The smallest absolute Gasteiger partial charge is 0.262 e. The zero-order valence-corrected chi connectivity index (χ0v) is 19.3. The summed E-state index contributed by atoms with van der Waals surface area (Å²) in [4.78, 5) is 12.5. The van der Waals surface area contributed by atoms with Crippen molar-refractivity contribution < 1.29 is 22.7 Å². The van der Waals surface area contributed by atoms with Gasteiger partial charge in [0.1, 0.15) is 11.5 Å². The highest BCUT2D eigenvalue weighted by atomic mass is 32.2. The number of amides is 1. The molecular formula is C26H24N2O5S. The van der Waals surface area contributed by atoms with Gasteiger partial charge in [-0.15, -0.1) is 0 Å². The van der Waals surface area contributed by atoms with Gasteiger partial charge >= 0.3 is 0 Å². The van der Waals surface area contributed by atoms with Gasteiger partial charge in [-0.05, 0) is 66.9 Å². The van der Waals surface area contributed by atoms with Crippen molar-refractivity contribution in [1.82, 2.24) is 0 Å². The van der Waals surface area contributed by atoms with E-state index < -0.39 is 10.0 Å². The zero-order chi connectivity index (χ0) is 24.0. The van der Waals surface area contributed by atoms with Crippen molar-refractivity contribution >= 4 is 38.1 Å². The SMILES string of the molecule is CCOc1ccc(NS(=O)(=O)c2ccc(OCC(=O)Nc3cccc4ccccc34)cc2)cc1. The number of carbonyl (C=O) groups is 1. The molecule has 0 aromatic heterocycles. The van der Waals surface area contributed by atoms with Crippen LogP contribution in [-0.2, 0) is 14.8 Å². The molecule has 0 atom stereocenters. The summed E-state index contributed by atoms with van der Waals surface area (Å²) in [6.07, 6.45) is 0. The highest BCUT2D eigenvalue weighted by Crippen LogP contribution is 2.24. The van der Waals surface area contributed by atoms with E-state index in [0.29, 0.717) is 29.5 Å². The van der Waals surface area contributed by atoms with Crippen LogP contribution < -0.4 is 19.5 Å². The average Bonchev–Trinajstić information content (AvgIpc) is 2.84. The third-order valence-electron chi connectivity index (χ3n) is 4.99. The minimum absolute atomic E-state index is 0.0777. The summed E-state index contributed by atoms with van der Waals surface area (Å²) in [5, 5.41) is 4.81. The maximum Gasteiger partial charge on any atom is 0.262 e. The second kappa shape index (κ2) is 10.3. The van der Waals surface area contributed by atoms with Gasteiger partial charge in [-0.1, -0.05) is 36.4 Å². The lowest BCUT2D eigenvalue weighted by Crippen LogP contribution is -2.20. The Morgan fingerprint density at radius 1 is 0.794 bits per heavy atom. The average molecular weight is 477 g/mol. The van der Waals surface area contributed by atoms with E-state index in [4.69, 9.17) is 9.47 Å². The second-order valence-corrected chi connectivity index (χ2v) is 9.08. The molecule has 0 spiro atoms. The van der Waals surface area contributed by atoms with Gasteiger partial charge in [0.05, 0.1) is 11.5 Å². The van der Waals surface area contributed by atoms with Crippen LogP contribution in [0, 0.1) is 0 Å². The molecule has 1 amide bonds. The van der Waals surface area contributed by atoms with Gasteiger partial charge in [0.2, 0.25) is 0 Å². The lowest BCUT2D eigenvalue weighted by Gasteiger charge is -2.11. The molecule has 0 radical (unpaired) electrons. The monoisotopic (exact) mass is 476 g/mol. The summed E-state index contributed by atoms with van der Waals surface area (Å²) < 4.78 is 38.7. The molecule has 174 valence electrons. The van der Waals surface area contributed by atoms with Crippen molar-refractivity contribution in [3.05, 3.63) is 91.0 Å². The van der Waals surface area contributed by atoms with Crippen LogP contribution in [0.15, 0.2) is 95.9 Å². The Kier molecular flexibility index (Phi) is 6.98. The molecule has 4 rings (SSSR count). The van der Waals surface area contributed by atoms with E-state index in [9.17, 15) is 13.2 Å². The van der Waals surface area contributed by atoms with Crippen molar-refractivity contribution in [3.63, 3.8) is 0 Å². The lowest BCUT2D eigenvalue weighted by molar-refractivity contribution is -0.118. The maximum absolute atomic E-state index is 12.7. The van der Waals surface area contributed by atoms with Crippen molar-refractivity contribution in [2.75, 3.05) is 23.3 Å². The number of benzene rings is 4. The van der Waals surface area contributed by atoms with Crippen LogP contribution in [0.3, 0.4) is 0 Å². The minimum Gasteiger partial charge on any atom is -0.494 e. The first kappa shape index (κ1) is 23.1. The molecule has 4 aromatic carbocycles. The maximum atomic E-state index is 12.7. The number of rotatable bonds is 9. The number of sulfonamides is 1. The van der Waals surface area contributed by atoms with Gasteiger partial charge in [0, 0.05) is 16.8 Å². The number of fused-ring (bicyclic) bond motifs is 1. The number of anilines is 2. The van der Waals surface area contributed by atoms with Crippen LogP contribution in [0.25, 0.3) is 10.8 Å². The Hall–Kier alpha value is -4.04. The van der Waals surface area contributed by atoms with E-state index >= 15 is 0 Å². The summed E-state index contributed by atoms with van der Waals surface area (Å²) in [6.45, 7) is 2.20. The number of hydrogen-bond acceptors (Lipinski definition) is 5. The molecule has 0 aliphatic rings. The van der Waals surface area contributed by atoms with E-state index in [0.717, 1.165) is 10.8 Å². The molecule has 2 N–H and O–H groups in total. The number of hydrogen-bond donors (Lipinski definition) is 2. The molecular weight excluding hydrogens is 452 g/mol. The predicted molar refractivity (Wildman–Crippen MR) is 133 cm³/mol. The van der Waals surface area contributed by atoms with Crippen LogP contribution in [0.1, 0.15) is 6.92 Å². The fraction of sp³-hybridized carbons (Fsp3) is 0.115. The lowest BCUT2D eigenvalue weighted by atomic mass is 10.1. The standard InChI is InChI=1S/C26H24N2O5S/c1-2-32-21-12-10-20(11-13-21)28-34(30,31)23-16-14-22(15-17-23)33-18-26(29)27-25-9-5-7-19-6-3-4-8-24(19)25/h3-17,28H,2,18H2,1H3,(H,27,29). The van der Waals surface area contributed by atoms with Crippen LogP contribution in [-0.4, -0.2) is 27.5 Å². The summed E-state index contributed by atoms with van der Waals surface area (Å²) in [5.41, 5.74) is 1.13. The van der Waals surface area contributed by atoms with Crippen LogP contribution in [0.2, 0.25) is 0 Å². The molecule has 0 fully saturated rings. The molecule has 7 nitrogen and oxygen atoms in total. The normalized spacial score (nSPS) is 11.1. The molecule has 4 aromatic rings. The van der Waals surface area contributed by atoms with Gasteiger partial charge in [0.25, 0.3) is 15.9 Å².